The lowest BCUT2D eigenvalue weighted by Gasteiger charge is -2.34. The number of nitrogens with one attached hydrogen (secondary N) is 1. The van der Waals surface area contributed by atoms with E-state index in [2.05, 4.69) is 5.32 Å². The Bertz CT molecular complexity index is 1300. The monoisotopic (exact) mass is 555 g/mol. The molecule has 3 aromatic rings. The molecule has 0 bridgehead atoms. The second-order valence-corrected chi connectivity index (χ2v) is 11.6. The number of sulfonamides is 1. The Morgan fingerprint density at radius 3 is 1.97 bits per heavy atom. The topological polar surface area (TPSA) is 86.8 Å². The molecule has 9 heteroatoms. The fourth-order valence-corrected chi connectivity index (χ4v) is 4.97. The van der Waals surface area contributed by atoms with E-state index in [0.29, 0.717) is 10.7 Å². The SMILES string of the molecule is CC[C@@H](C)NC(=O)[C@H](Cc1ccccc1)N(Cc1ccccc1)C(=O)CN(c1ccc(Cl)cc1)S(C)(=O)=O. The minimum absolute atomic E-state index is 0.0870. The van der Waals surface area contributed by atoms with Gasteiger partial charge in [0.15, 0.2) is 0 Å². The number of rotatable bonds is 12. The van der Waals surface area contributed by atoms with Gasteiger partial charge in [0.1, 0.15) is 12.6 Å². The van der Waals surface area contributed by atoms with Gasteiger partial charge in [-0.15, -0.1) is 0 Å². The van der Waals surface area contributed by atoms with Crippen LogP contribution in [0.2, 0.25) is 5.02 Å². The second-order valence-electron chi connectivity index (χ2n) is 9.28. The van der Waals surface area contributed by atoms with Crippen molar-refractivity contribution in [3.05, 3.63) is 101 Å². The summed E-state index contributed by atoms with van der Waals surface area (Å²) in [7, 11) is -3.82. The van der Waals surface area contributed by atoms with E-state index in [9.17, 15) is 18.0 Å². The Hall–Kier alpha value is -3.36. The first-order chi connectivity index (χ1) is 18.1. The molecule has 0 saturated carbocycles. The van der Waals surface area contributed by atoms with Gasteiger partial charge in [-0.2, -0.15) is 0 Å². The van der Waals surface area contributed by atoms with Crippen LogP contribution in [-0.4, -0.2) is 50.0 Å². The molecular formula is C29H34ClN3O4S. The smallest absolute Gasteiger partial charge is 0.244 e. The van der Waals surface area contributed by atoms with Crippen molar-refractivity contribution in [2.45, 2.75) is 45.3 Å². The van der Waals surface area contributed by atoms with Crippen LogP contribution in [-0.2, 0) is 32.6 Å². The molecule has 38 heavy (non-hydrogen) atoms. The highest BCUT2D eigenvalue weighted by molar-refractivity contribution is 7.92. The van der Waals surface area contributed by atoms with Crippen LogP contribution in [0.4, 0.5) is 5.69 Å². The summed E-state index contributed by atoms with van der Waals surface area (Å²) in [6.45, 7) is 3.56. The van der Waals surface area contributed by atoms with Crippen LogP contribution in [0.25, 0.3) is 0 Å². The van der Waals surface area contributed by atoms with E-state index in [0.717, 1.165) is 28.1 Å². The predicted octanol–water partition coefficient (Wildman–Crippen LogP) is 4.66. The lowest BCUT2D eigenvalue weighted by molar-refractivity contribution is -0.140. The Kier molecular flexibility index (Phi) is 10.3. The summed E-state index contributed by atoms with van der Waals surface area (Å²) in [5.74, 6) is -0.778. The molecule has 1 N–H and O–H groups in total. The molecule has 202 valence electrons. The van der Waals surface area contributed by atoms with E-state index >= 15 is 0 Å². The van der Waals surface area contributed by atoms with E-state index in [1.807, 2.05) is 74.5 Å². The number of carbonyl (C=O) groups is 2. The van der Waals surface area contributed by atoms with E-state index in [-0.39, 0.29) is 24.9 Å². The van der Waals surface area contributed by atoms with Crippen LogP contribution in [0.1, 0.15) is 31.4 Å². The maximum atomic E-state index is 14.0. The average Bonchev–Trinajstić information content (AvgIpc) is 2.90. The first kappa shape index (κ1) is 29.2. The van der Waals surface area contributed by atoms with Gasteiger partial charge in [0.05, 0.1) is 11.9 Å². The standard InChI is InChI=1S/C29H34ClN3O4S/c1-4-22(2)31-29(35)27(19-23-11-7-5-8-12-23)32(20-24-13-9-6-10-14-24)28(34)21-33(38(3,36)37)26-17-15-25(30)16-18-26/h5-18,22,27H,4,19-21H2,1-3H3,(H,31,35)/t22-,27+/m1/s1. The van der Waals surface area contributed by atoms with Crippen LogP contribution >= 0.6 is 11.6 Å². The highest BCUT2D eigenvalue weighted by atomic mass is 35.5. The van der Waals surface area contributed by atoms with Gasteiger partial charge in [0.25, 0.3) is 0 Å². The van der Waals surface area contributed by atoms with Crippen LogP contribution in [0, 0.1) is 0 Å². The molecule has 0 aromatic heterocycles. The number of hydrogen-bond donors (Lipinski definition) is 1. The Morgan fingerprint density at radius 1 is 0.895 bits per heavy atom. The predicted molar refractivity (Wildman–Crippen MR) is 152 cm³/mol. The number of nitrogens with zero attached hydrogens (tertiary/aromatic N) is 2. The number of hydrogen-bond acceptors (Lipinski definition) is 4. The zero-order valence-corrected chi connectivity index (χ0v) is 23.5. The zero-order chi connectivity index (χ0) is 27.7. The van der Waals surface area contributed by atoms with Gasteiger partial charge in [0, 0.05) is 24.0 Å². The normalized spacial score (nSPS) is 12.8. The molecule has 0 fully saturated rings. The first-order valence-corrected chi connectivity index (χ1v) is 14.7. The summed E-state index contributed by atoms with van der Waals surface area (Å²) in [6, 6.07) is 24.1. The summed E-state index contributed by atoms with van der Waals surface area (Å²) in [5, 5.41) is 3.46. The molecule has 0 radical (unpaired) electrons. The summed E-state index contributed by atoms with van der Waals surface area (Å²) >= 11 is 6.00. The van der Waals surface area contributed by atoms with Crippen molar-refractivity contribution < 1.29 is 18.0 Å². The van der Waals surface area contributed by atoms with Gasteiger partial charge in [-0.05, 0) is 48.7 Å². The zero-order valence-electron chi connectivity index (χ0n) is 21.9. The van der Waals surface area contributed by atoms with Gasteiger partial charge in [-0.3, -0.25) is 13.9 Å². The Labute approximate surface area is 230 Å². The highest BCUT2D eigenvalue weighted by Crippen LogP contribution is 2.22. The molecule has 2 amide bonds. The molecule has 0 heterocycles. The highest BCUT2D eigenvalue weighted by Gasteiger charge is 2.33. The molecule has 3 rings (SSSR count). The largest absolute Gasteiger partial charge is 0.352 e. The summed E-state index contributed by atoms with van der Waals surface area (Å²) < 4.78 is 26.5. The van der Waals surface area contributed by atoms with Gasteiger partial charge in [0.2, 0.25) is 21.8 Å². The number of halogens is 1. The lowest BCUT2D eigenvalue weighted by atomic mass is 10.0. The number of benzene rings is 3. The van der Waals surface area contributed by atoms with Crippen molar-refractivity contribution >= 4 is 39.1 Å². The van der Waals surface area contributed by atoms with E-state index in [4.69, 9.17) is 11.6 Å². The summed E-state index contributed by atoms with van der Waals surface area (Å²) in [6.07, 6.45) is 2.06. The molecule has 0 aliphatic carbocycles. The van der Waals surface area contributed by atoms with E-state index < -0.39 is 28.5 Å². The number of amides is 2. The minimum Gasteiger partial charge on any atom is -0.352 e. The van der Waals surface area contributed by atoms with Crippen molar-refractivity contribution in [2.24, 2.45) is 0 Å². The van der Waals surface area contributed by atoms with Crippen LogP contribution in [0.5, 0.6) is 0 Å². The molecular weight excluding hydrogens is 522 g/mol. The molecule has 0 spiro atoms. The average molecular weight is 556 g/mol. The van der Waals surface area contributed by atoms with Crippen LogP contribution in [0.15, 0.2) is 84.9 Å². The van der Waals surface area contributed by atoms with E-state index in [1.165, 1.54) is 4.90 Å². The Balaban J connectivity index is 2.03. The van der Waals surface area contributed by atoms with Crippen molar-refractivity contribution in [3.63, 3.8) is 0 Å². The molecule has 0 unspecified atom stereocenters. The minimum atomic E-state index is -3.82. The maximum absolute atomic E-state index is 14.0. The Morgan fingerprint density at radius 2 is 1.45 bits per heavy atom. The van der Waals surface area contributed by atoms with E-state index in [1.54, 1.807) is 24.3 Å². The summed E-state index contributed by atoms with van der Waals surface area (Å²) in [4.78, 5) is 29.0. The fourth-order valence-electron chi connectivity index (χ4n) is 4.00. The molecule has 0 aliphatic rings. The van der Waals surface area contributed by atoms with Crippen molar-refractivity contribution in [1.29, 1.82) is 0 Å². The van der Waals surface area contributed by atoms with Crippen molar-refractivity contribution in [2.75, 3.05) is 17.1 Å². The third kappa shape index (κ3) is 8.33. The number of anilines is 1. The summed E-state index contributed by atoms with van der Waals surface area (Å²) in [5.41, 5.74) is 2.03. The van der Waals surface area contributed by atoms with Crippen molar-refractivity contribution in [3.8, 4) is 0 Å². The fraction of sp³-hybridized carbons (Fsp3) is 0.310. The van der Waals surface area contributed by atoms with Crippen molar-refractivity contribution in [1.82, 2.24) is 10.2 Å². The van der Waals surface area contributed by atoms with Gasteiger partial charge < -0.3 is 10.2 Å². The van der Waals surface area contributed by atoms with Gasteiger partial charge >= 0.3 is 0 Å². The van der Waals surface area contributed by atoms with Crippen LogP contribution in [0.3, 0.4) is 0 Å². The van der Waals surface area contributed by atoms with Gasteiger partial charge in [-0.25, -0.2) is 8.42 Å². The molecule has 0 aliphatic heterocycles. The molecule has 3 aromatic carbocycles. The number of carbonyl (C=O) groups excluding carboxylic acids is 2. The van der Waals surface area contributed by atoms with Crippen LogP contribution < -0.4 is 9.62 Å². The second kappa shape index (κ2) is 13.4. The maximum Gasteiger partial charge on any atom is 0.244 e. The third-order valence-corrected chi connectivity index (χ3v) is 7.65. The van der Waals surface area contributed by atoms with Gasteiger partial charge in [-0.1, -0.05) is 79.2 Å². The molecule has 7 nitrogen and oxygen atoms in total. The molecule has 2 atom stereocenters. The first-order valence-electron chi connectivity index (χ1n) is 12.5. The lowest BCUT2D eigenvalue weighted by Crippen LogP contribution is -2.54. The third-order valence-electron chi connectivity index (χ3n) is 6.26. The molecule has 0 saturated heterocycles. The quantitative estimate of drug-likeness (QED) is 0.352.